The molecular formula is C15H22N2O3. The first-order valence-electron chi connectivity index (χ1n) is 6.64. The lowest BCUT2D eigenvalue weighted by molar-refractivity contribution is -0.137. The highest BCUT2D eigenvalue weighted by Crippen LogP contribution is 2.13. The molecule has 0 fully saturated rings. The third-order valence-corrected chi connectivity index (χ3v) is 3.13. The first-order chi connectivity index (χ1) is 9.34. The fourth-order valence-electron chi connectivity index (χ4n) is 2.01. The van der Waals surface area contributed by atoms with Crippen LogP contribution in [0.1, 0.15) is 37.8 Å². The first kappa shape index (κ1) is 16.2. The molecule has 1 aromatic rings. The summed E-state index contributed by atoms with van der Waals surface area (Å²) in [6.45, 7) is 4.04. The van der Waals surface area contributed by atoms with Gasteiger partial charge in [-0.2, -0.15) is 0 Å². The second-order valence-corrected chi connectivity index (χ2v) is 5.48. The molecule has 0 aliphatic rings. The molecule has 0 saturated heterocycles. The van der Waals surface area contributed by atoms with Crippen LogP contribution in [0.25, 0.3) is 0 Å². The SMILES string of the molecule is CC(C)(CCC(=O)O)NC(=O)Cc1ccccc1CN. The van der Waals surface area contributed by atoms with Crippen LogP contribution in [0.2, 0.25) is 0 Å². The Bertz CT molecular complexity index is 484. The Morgan fingerprint density at radius 2 is 1.85 bits per heavy atom. The van der Waals surface area contributed by atoms with Crippen LogP contribution in [0.3, 0.4) is 0 Å². The smallest absolute Gasteiger partial charge is 0.303 e. The maximum Gasteiger partial charge on any atom is 0.303 e. The van der Waals surface area contributed by atoms with Gasteiger partial charge in [0.05, 0.1) is 6.42 Å². The van der Waals surface area contributed by atoms with Gasteiger partial charge in [0.1, 0.15) is 0 Å². The van der Waals surface area contributed by atoms with Crippen LogP contribution in [-0.2, 0) is 22.6 Å². The Morgan fingerprint density at radius 3 is 2.40 bits per heavy atom. The van der Waals surface area contributed by atoms with Gasteiger partial charge in [0.15, 0.2) is 0 Å². The molecule has 5 heteroatoms. The summed E-state index contributed by atoms with van der Waals surface area (Å²) in [5, 5.41) is 11.6. The second-order valence-electron chi connectivity index (χ2n) is 5.48. The Balaban J connectivity index is 2.60. The van der Waals surface area contributed by atoms with Crippen LogP contribution >= 0.6 is 0 Å². The van der Waals surface area contributed by atoms with Gasteiger partial charge in [-0.15, -0.1) is 0 Å². The number of nitrogens with one attached hydrogen (secondary N) is 1. The molecule has 5 nitrogen and oxygen atoms in total. The van der Waals surface area contributed by atoms with Crippen LogP contribution in [0, 0.1) is 0 Å². The number of rotatable bonds is 7. The zero-order chi connectivity index (χ0) is 15.2. The van der Waals surface area contributed by atoms with Crippen LogP contribution in [0.5, 0.6) is 0 Å². The largest absolute Gasteiger partial charge is 0.481 e. The molecule has 0 bridgehead atoms. The molecule has 1 aromatic carbocycles. The Labute approximate surface area is 119 Å². The van der Waals surface area contributed by atoms with Gasteiger partial charge in [0.2, 0.25) is 5.91 Å². The number of carboxylic acids is 1. The number of carboxylic acid groups (broad SMARTS) is 1. The van der Waals surface area contributed by atoms with E-state index in [1.807, 2.05) is 38.1 Å². The molecule has 0 unspecified atom stereocenters. The topological polar surface area (TPSA) is 92.4 Å². The van der Waals surface area contributed by atoms with Gasteiger partial charge in [0.25, 0.3) is 0 Å². The molecule has 1 amide bonds. The van der Waals surface area contributed by atoms with Gasteiger partial charge in [0, 0.05) is 18.5 Å². The first-order valence-corrected chi connectivity index (χ1v) is 6.64. The fourth-order valence-corrected chi connectivity index (χ4v) is 2.01. The molecule has 0 aliphatic carbocycles. The minimum atomic E-state index is -0.860. The van der Waals surface area contributed by atoms with E-state index in [2.05, 4.69) is 5.32 Å². The van der Waals surface area contributed by atoms with Crippen molar-refractivity contribution in [3.05, 3.63) is 35.4 Å². The standard InChI is InChI=1S/C15H22N2O3/c1-15(2,8-7-14(19)20)17-13(18)9-11-5-3-4-6-12(11)10-16/h3-6H,7-10,16H2,1-2H3,(H,17,18)(H,19,20). The van der Waals surface area contributed by atoms with E-state index in [4.69, 9.17) is 10.8 Å². The molecule has 1 rings (SSSR count). The van der Waals surface area contributed by atoms with Gasteiger partial charge in [-0.05, 0) is 31.4 Å². The van der Waals surface area contributed by atoms with E-state index in [0.717, 1.165) is 11.1 Å². The van der Waals surface area contributed by atoms with Gasteiger partial charge >= 0.3 is 5.97 Å². The van der Waals surface area contributed by atoms with E-state index in [9.17, 15) is 9.59 Å². The molecule has 0 radical (unpaired) electrons. The van der Waals surface area contributed by atoms with Gasteiger partial charge < -0.3 is 16.2 Å². The minimum absolute atomic E-state index is 0.0344. The van der Waals surface area contributed by atoms with Crippen molar-refractivity contribution in [3.63, 3.8) is 0 Å². The van der Waals surface area contributed by atoms with E-state index in [0.29, 0.717) is 13.0 Å². The molecule has 0 heterocycles. The van der Waals surface area contributed by atoms with Gasteiger partial charge in [-0.25, -0.2) is 0 Å². The van der Waals surface area contributed by atoms with Crippen molar-refractivity contribution >= 4 is 11.9 Å². The number of nitrogens with two attached hydrogens (primary N) is 1. The van der Waals surface area contributed by atoms with Crippen molar-refractivity contribution in [2.45, 2.75) is 45.2 Å². The third kappa shape index (κ3) is 5.40. The normalized spacial score (nSPS) is 11.2. The summed E-state index contributed by atoms with van der Waals surface area (Å²) in [4.78, 5) is 22.6. The molecule has 4 N–H and O–H groups in total. The van der Waals surface area contributed by atoms with Crippen molar-refractivity contribution in [1.29, 1.82) is 0 Å². The number of carbonyl (C=O) groups is 2. The monoisotopic (exact) mass is 278 g/mol. The highest BCUT2D eigenvalue weighted by Gasteiger charge is 2.21. The van der Waals surface area contributed by atoms with Gasteiger partial charge in [-0.1, -0.05) is 24.3 Å². The summed E-state index contributed by atoms with van der Waals surface area (Å²) in [6.07, 6.45) is 0.684. The summed E-state index contributed by atoms with van der Waals surface area (Å²) in [5.74, 6) is -0.984. The number of carbonyl (C=O) groups excluding carboxylic acids is 1. The van der Waals surface area contributed by atoms with Crippen LogP contribution in [-0.4, -0.2) is 22.5 Å². The third-order valence-electron chi connectivity index (χ3n) is 3.13. The van der Waals surface area contributed by atoms with E-state index in [1.165, 1.54) is 0 Å². The van der Waals surface area contributed by atoms with E-state index in [-0.39, 0.29) is 18.7 Å². The summed E-state index contributed by atoms with van der Waals surface area (Å²) in [7, 11) is 0. The molecule has 0 spiro atoms. The zero-order valence-electron chi connectivity index (χ0n) is 12.0. The molecule has 20 heavy (non-hydrogen) atoms. The highest BCUT2D eigenvalue weighted by molar-refractivity contribution is 5.79. The lowest BCUT2D eigenvalue weighted by Gasteiger charge is -2.25. The number of amides is 1. The highest BCUT2D eigenvalue weighted by atomic mass is 16.4. The van der Waals surface area contributed by atoms with E-state index in [1.54, 1.807) is 0 Å². The van der Waals surface area contributed by atoms with Crippen molar-refractivity contribution in [2.75, 3.05) is 0 Å². The molecular weight excluding hydrogens is 256 g/mol. The predicted molar refractivity (Wildman–Crippen MR) is 77.1 cm³/mol. The summed E-state index contributed by atoms with van der Waals surface area (Å²) in [5.41, 5.74) is 6.96. The Kier molecular flexibility index (Phi) is 5.70. The second kappa shape index (κ2) is 7.05. The minimum Gasteiger partial charge on any atom is -0.481 e. The van der Waals surface area contributed by atoms with Crippen LogP contribution in [0.15, 0.2) is 24.3 Å². The van der Waals surface area contributed by atoms with Crippen LogP contribution < -0.4 is 11.1 Å². The average molecular weight is 278 g/mol. The van der Waals surface area contributed by atoms with E-state index < -0.39 is 11.5 Å². The van der Waals surface area contributed by atoms with Crippen molar-refractivity contribution in [2.24, 2.45) is 5.73 Å². The number of hydrogen-bond donors (Lipinski definition) is 3. The Morgan fingerprint density at radius 1 is 1.25 bits per heavy atom. The molecule has 0 aromatic heterocycles. The summed E-state index contributed by atoms with van der Waals surface area (Å²) < 4.78 is 0. The summed E-state index contributed by atoms with van der Waals surface area (Å²) in [6, 6.07) is 7.54. The van der Waals surface area contributed by atoms with E-state index >= 15 is 0 Å². The zero-order valence-corrected chi connectivity index (χ0v) is 12.0. The lowest BCUT2D eigenvalue weighted by Crippen LogP contribution is -2.44. The van der Waals surface area contributed by atoms with Crippen molar-refractivity contribution in [1.82, 2.24) is 5.32 Å². The van der Waals surface area contributed by atoms with Gasteiger partial charge in [-0.3, -0.25) is 9.59 Å². The maximum atomic E-state index is 12.0. The molecule has 0 saturated carbocycles. The van der Waals surface area contributed by atoms with Crippen molar-refractivity contribution < 1.29 is 14.7 Å². The Hall–Kier alpha value is -1.88. The van der Waals surface area contributed by atoms with Crippen LogP contribution in [0.4, 0.5) is 0 Å². The number of aliphatic carboxylic acids is 1. The predicted octanol–water partition coefficient (Wildman–Crippen LogP) is 1.45. The fraction of sp³-hybridized carbons (Fsp3) is 0.467. The molecule has 110 valence electrons. The number of benzene rings is 1. The van der Waals surface area contributed by atoms with Crippen molar-refractivity contribution in [3.8, 4) is 0 Å². The number of hydrogen-bond acceptors (Lipinski definition) is 3. The molecule has 0 aliphatic heterocycles. The quantitative estimate of drug-likeness (QED) is 0.703. The molecule has 0 atom stereocenters. The lowest BCUT2D eigenvalue weighted by atomic mass is 9.97. The average Bonchev–Trinajstić information content (AvgIpc) is 2.36. The maximum absolute atomic E-state index is 12.0. The summed E-state index contributed by atoms with van der Waals surface area (Å²) >= 11 is 0.